The average molecular weight is 521 g/mol. The van der Waals surface area contributed by atoms with Gasteiger partial charge in [0.25, 0.3) is 0 Å². The number of Topliss-reactive ketones (excluding diaryl/α,β-unsaturated/α-hetero) is 1. The first-order chi connectivity index (χ1) is 17.7. The van der Waals surface area contributed by atoms with Crippen LogP contribution in [0.4, 0.5) is 4.79 Å². The fourth-order valence-electron chi connectivity index (χ4n) is 9.84. The molecule has 0 aliphatic heterocycles. The number of nitriles is 1. The van der Waals surface area contributed by atoms with Gasteiger partial charge in [-0.3, -0.25) is 9.59 Å². The highest BCUT2D eigenvalue weighted by Gasteiger charge is 2.69. The molecule has 0 unspecified atom stereocenters. The number of nitrogens with one attached hydrogen (secondary N) is 1. The van der Waals surface area contributed by atoms with Gasteiger partial charge in [-0.1, -0.05) is 53.2 Å². The normalized spacial score (nSPS) is 45.2. The van der Waals surface area contributed by atoms with E-state index in [1.165, 1.54) is 0 Å². The molecule has 3 fully saturated rings. The summed E-state index contributed by atoms with van der Waals surface area (Å²) in [6, 6.07) is 2.15. The maximum Gasteiger partial charge on any atom is 0.407 e. The van der Waals surface area contributed by atoms with Gasteiger partial charge in [-0.15, -0.1) is 0 Å². The van der Waals surface area contributed by atoms with Crippen LogP contribution in [0.3, 0.4) is 0 Å². The number of allylic oxidation sites excluding steroid dienone is 4. The lowest BCUT2D eigenvalue weighted by Gasteiger charge is -2.68. The van der Waals surface area contributed by atoms with Crippen LogP contribution in [0.5, 0.6) is 0 Å². The Morgan fingerprint density at radius 2 is 1.76 bits per heavy atom. The van der Waals surface area contributed by atoms with Crippen molar-refractivity contribution < 1.29 is 19.1 Å². The minimum Gasteiger partial charge on any atom is -0.450 e. The van der Waals surface area contributed by atoms with Gasteiger partial charge in [0, 0.05) is 22.8 Å². The maximum absolute atomic E-state index is 14.4. The monoisotopic (exact) mass is 520 g/mol. The number of hydrogen-bond donors (Lipinski definition) is 1. The van der Waals surface area contributed by atoms with Crippen LogP contribution >= 0.6 is 0 Å². The number of rotatable bonds is 2. The molecule has 38 heavy (non-hydrogen) atoms. The summed E-state index contributed by atoms with van der Waals surface area (Å²) in [6.07, 6.45) is 9.63. The summed E-state index contributed by atoms with van der Waals surface area (Å²) < 4.78 is 5.34. The molecule has 0 bridgehead atoms. The molecule has 8 atom stereocenters. The van der Waals surface area contributed by atoms with Crippen molar-refractivity contribution in [2.24, 2.45) is 45.3 Å². The van der Waals surface area contributed by atoms with E-state index in [-0.39, 0.29) is 63.1 Å². The number of carbonyl (C=O) groups is 3. The van der Waals surface area contributed by atoms with E-state index in [1.54, 1.807) is 0 Å². The number of ether oxygens (including phenoxy) is 1. The Hall–Kier alpha value is -2.42. The van der Waals surface area contributed by atoms with Crippen LogP contribution in [-0.4, -0.2) is 29.8 Å². The molecule has 0 saturated heterocycles. The van der Waals surface area contributed by atoms with Gasteiger partial charge < -0.3 is 10.1 Å². The molecular weight excluding hydrogens is 476 g/mol. The molecule has 5 aliphatic rings. The lowest BCUT2D eigenvalue weighted by Crippen LogP contribution is -2.69. The lowest BCUT2D eigenvalue weighted by atomic mass is 9.36. The molecule has 5 aliphatic carbocycles. The second-order valence-corrected chi connectivity index (χ2v) is 14.4. The van der Waals surface area contributed by atoms with E-state index in [2.05, 4.69) is 46.0 Å². The van der Waals surface area contributed by atoms with Gasteiger partial charge in [-0.05, 0) is 86.0 Å². The Balaban J connectivity index is 1.64. The fourth-order valence-corrected chi connectivity index (χ4v) is 9.84. The van der Waals surface area contributed by atoms with Crippen LogP contribution < -0.4 is 5.32 Å². The van der Waals surface area contributed by atoms with E-state index < -0.39 is 11.0 Å². The van der Waals surface area contributed by atoms with Gasteiger partial charge in [0.1, 0.15) is 6.07 Å². The zero-order valence-corrected chi connectivity index (χ0v) is 24.2. The Morgan fingerprint density at radius 1 is 1.08 bits per heavy atom. The highest BCUT2D eigenvalue weighted by Crippen LogP contribution is 2.72. The summed E-state index contributed by atoms with van der Waals surface area (Å²) >= 11 is 0. The first-order valence-corrected chi connectivity index (χ1v) is 14.6. The van der Waals surface area contributed by atoms with E-state index in [1.807, 2.05) is 26.0 Å². The molecule has 3 saturated carbocycles. The molecule has 6 nitrogen and oxygen atoms in total. The van der Waals surface area contributed by atoms with Gasteiger partial charge in [0.2, 0.25) is 0 Å². The maximum atomic E-state index is 14.4. The number of fused-ring (bicyclic) bond motifs is 7. The zero-order valence-electron chi connectivity index (χ0n) is 24.2. The van der Waals surface area contributed by atoms with Crippen molar-refractivity contribution in [3.8, 4) is 6.07 Å². The van der Waals surface area contributed by atoms with Crippen LogP contribution in [0.1, 0.15) is 93.4 Å². The Labute approximate surface area is 227 Å². The molecule has 0 aromatic carbocycles. The van der Waals surface area contributed by atoms with Gasteiger partial charge in [0.05, 0.1) is 12.2 Å². The van der Waals surface area contributed by atoms with Crippen molar-refractivity contribution in [3.63, 3.8) is 0 Å². The number of amides is 1. The molecule has 6 heteroatoms. The second-order valence-electron chi connectivity index (χ2n) is 14.4. The third-order valence-electron chi connectivity index (χ3n) is 12.1. The van der Waals surface area contributed by atoms with Crippen LogP contribution in [0.15, 0.2) is 23.3 Å². The van der Waals surface area contributed by atoms with Crippen molar-refractivity contribution in [3.05, 3.63) is 23.3 Å². The Kier molecular flexibility index (Phi) is 6.10. The molecule has 1 N–H and O–H groups in total. The molecule has 0 heterocycles. The zero-order chi connectivity index (χ0) is 27.9. The van der Waals surface area contributed by atoms with Gasteiger partial charge >= 0.3 is 6.09 Å². The van der Waals surface area contributed by atoms with Crippen LogP contribution in [0.2, 0.25) is 0 Å². The molecule has 5 rings (SSSR count). The number of carbonyl (C=O) groups excluding carboxylic acids is 3. The molecule has 0 radical (unpaired) electrons. The Morgan fingerprint density at radius 3 is 2.42 bits per heavy atom. The molecule has 0 aromatic heterocycles. The van der Waals surface area contributed by atoms with Crippen LogP contribution in [-0.2, 0) is 14.3 Å². The lowest BCUT2D eigenvalue weighted by molar-refractivity contribution is -0.159. The van der Waals surface area contributed by atoms with Crippen molar-refractivity contribution >= 4 is 17.7 Å². The number of ketones is 2. The van der Waals surface area contributed by atoms with Crippen LogP contribution in [0, 0.1) is 56.7 Å². The molecular formula is C32H44N2O4. The van der Waals surface area contributed by atoms with Crippen molar-refractivity contribution in [2.75, 3.05) is 6.61 Å². The smallest absolute Gasteiger partial charge is 0.407 e. The van der Waals surface area contributed by atoms with Gasteiger partial charge in [-0.2, -0.15) is 5.26 Å². The minimum atomic E-state index is -0.501. The standard InChI is InChI=1S/C32H44N2O4/c1-8-38-27(37)34-32-13-11-28(3,4)17-22(32)25-23(35)15-24-29(5)16-20(18-33)26(36)19(2)21(29)9-10-30(24,6)31(25,7)12-14-32/h15-16,19,21-22,25H,8-14,17H2,1-7H3,(H,34,37)/t19-,21-,22-,25-,29-,30+,31+,32-/m0/s1. The summed E-state index contributed by atoms with van der Waals surface area (Å²) in [6.45, 7) is 15.5. The number of alkyl carbamates (subject to hydrolysis) is 1. The highest BCUT2D eigenvalue weighted by molar-refractivity contribution is 6.02. The minimum absolute atomic E-state index is 0.0270. The summed E-state index contributed by atoms with van der Waals surface area (Å²) in [7, 11) is 0. The Bertz CT molecular complexity index is 1190. The van der Waals surface area contributed by atoms with E-state index in [0.29, 0.717) is 6.61 Å². The van der Waals surface area contributed by atoms with Crippen molar-refractivity contribution in [2.45, 2.75) is 99.0 Å². The summed E-state index contributed by atoms with van der Waals surface area (Å²) in [5, 5.41) is 13.1. The third-order valence-corrected chi connectivity index (χ3v) is 12.1. The predicted octanol–water partition coefficient (Wildman–Crippen LogP) is 6.31. The van der Waals surface area contributed by atoms with Gasteiger partial charge in [0.15, 0.2) is 11.6 Å². The van der Waals surface area contributed by atoms with Crippen LogP contribution in [0.25, 0.3) is 0 Å². The largest absolute Gasteiger partial charge is 0.450 e. The summed E-state index contributed by atoms with van der Waals surface area (Å²) in [4.78, 5) is 40.1. The summed E-state index contributed by atoms with van der Waals surface area (Å²) in [5.41, 5.74) is -0.0459. The first-order valence-electron chi connectivity index (χ1n) is 14.6. The molecule has 0 aromatic rings. The summed E-state index contributed by atoms with van der Waals surface area (Å²) in [5.74, 6) is -0.246. The third kappa shape index (κ3) is 3.52. The molecule has 1 amide bonds. The molecule has 0 spiro atoms. The van der Waals surface area contributed by atoms with Gasteiger partial charge in [-0.25, -0.2) is 4.79 Å². The first kappa shape index (κ1) is 27.2. The SMILES string of the molecule is CCOC(=O)N[C@]12CCC(C)(C)C[C@H]1[C@H]1C(=O)C=C3[C@@]4(C)C=C(C#N)C(=O)[C@@H](C)[C@@H]4CC[C@@]3(C)[C@]1(C)CC2. The average Bonchev–Trinajstić information content (AvgIpc) is 2.84. The highest BCUT2D eigenvalue weighted by atomic mass is 16.5. The van der Waals surface area contributed by atoms with Crippen molar-refractivity contribution in [1.82, 2.24) is 5.32 Å². The number of nitrogens with zero attached hydrogens (tertiary/aromatic N) is 1. The second kappa shape index (κ2) is 8.54. The van der Waals surface area contributed by atoms with E-state index in [4.69, 9.17) is 4.74 Å². The quantitative estimate of drug-likeness (QED) is 0.460. The molecule has 206 valence electrons. The van der Waals surface area contributed by atoms with Crippen molar-refractivity contribution in [1.29, 1.82) is 5.26 Å². The fraction of sp³-hybridized carbons (Fsp3) is 0.750. The predicted molar refractivity (Wildman–Crippen MR) is 145 cm³/mol. The van der Waals surface area contributed by atoms with E-state index >= 15 is 0 Å². The topological polar surface area (TPSA) is 96.3 Å². The van der Waals surface area contributed by atoms with E-state index in [0.717, 1.165) is 50.5 Å². The number of hydrogen-bond acceptors (Lipinski definition) is 5. The van der Waals surface area contributed by atoms with E-state index in [9.17, 15) is 19.6 Å².